The summed E-state index contributed by atoms with van der Waals surface area (Å²) in [6.07, 6.45) is 10.0. The van der Waals surface area contributed by atoms with Crippen LogP contribution >= 0.6 is 15.9 Å². The first-order chi connectivity index (χ1) is 10.7. The topological polar surface area (TPSA) is 47.3 Å². The van der Waals surface area contributed by atoms with Crippen molar-refractivity contribution in [2.75, 3.05) is 13.2 Å². The average molecular weight is 365 g/mol. The lowest BCUT2D eigenvalue weighted by atomic mass is 10.0. The second-order valence-electron chi connectivity index (χ2n) is 5.68. The molecule has 0 aliphatic carbocycles. The minimum Gasteiger partial charge on any atom is -0.396 e. The van der Waals surface area contributed by atoms with Crippen molar-refractivity contribution in [3.63, 3.8) is 0 Å². The Balaban J connectivity index is 2.02. The van der Waals surface area contributed by atoms with Crippen LogP contribution in [-0.2, 0) is 4.74 Å². The maximum Gasteiger partial charge on any atom is 0.150 e. The van der Waals surface area contributed by atoms with Gasteiger partial charge in [-0.25, -0.2) is 4.68 Å². The molecule has 0 bridgehead atoms. The summed E-state index contributed by atoms with van der Waals surface area (Å²) in [5.41, 5.74) is 3.44. The molecule has 0 radical (unpaired) electrons. The number of aliphatic hydroxyl groups excluding tert-OH is 1. The van der Waals surface area contributed by atoms with Crippen molar-refractivity contribution in [1.82, 2.24) is 9.78 Å². The van der Waals surface area contributed by atoms with E-state index < -0.39 is 0 Å². The summed E-state index contributed by atoms with van der Waals surface area (Å²) in [4.78, 5) is 0. The van der Waals surface area contributed by atoms with E-state index in [0.717, 1.165) is 40.4 Å². The van der Waals surface area contributed by atoms with Gasteiger partial charge >= 0.3 is 0 Å². The molecule has 2 aromatic rings. The van der Waals surface area contributed by atoms with Crippen molar-refractivity contribution < 1.29 is 9.84 Å². The van der Waals surface area contributed by atoms with Crippen LogP contribution in [0.2, 0.25) is 0 Å². The minimum atomic E-state index is 0.0494. The molecule has 1 aliphatic heterocycles. The fourth-order valence-electron chi connectivity index (χ4n) is 2.91. The largest absolute Gasteiger partial charge is 0.396 e. The lowest BCUT2D eigenvalue weighted by molar-refractivity contribution is -0.0366. The monoisotopic (exact) mass is 364 g/mol. The summed E-state index contributed by atoms with van der Waals surface area (Å²) in [5, 5.41) is 14.6. The van der Waals surface area contributed by atoms with E-state index in [1.54, 1.807) is 0 Å². The third-order valence-electron chi connectivity index (χ3n) is 4.09. The maximum atomic E-state index is 8.91. The fraction of sp³-hybridized carbons (Fsp3) is 0.471. The number of aromatic nitrogens is 2. The normalized spacial score (nSPS) is 19.3. The zero-order valence-corrected chi connectivity index (χ0v) is 14.3. The zero-order valence-electron chi connectivity index (χ0n) is 12.8. The zero-order chi connectivity index (χ0) is 15.5. The van der Waals surface area contributed by atoms with Gasteiger partial charge in [0.15, 0.2) is 6.23 Å². The number of benzene rings is 1. The number of aryl methyl sites for hydroxylation is 1. The summed E-state index contributed by atoms with van der Waals surface area (Å²) in [7, 11) is 0. The van der Waals surface area contributed by atoms with Gasteiger partial charge in [0.1, 0.15) is 0 Å². The molecule has 2 heterocycles. The van der Waals surface area contributed by atoms with Crippen molar-refractivity contribution in [1.29, 1.82) is 0 Å². The molecule has 5 heteroatoms. The van der Waals surface area contributed by atoms with Crippen molar-refractivity contribution in [2.24, 2.45) is 0 Å². The molecule has 1 aromatic heterocycles. The highest BCUT2D eigenvalue weighted by atomic mass is 79.9. The molecule has 0 spiro atoms. The third kappa shape index (κ3) is 2.98. The molecule has 118 valence electrons. The first kappa shape index (κ1) is 15.7. The molecule has 3 rings (SSSR count). The van der Waals surface area contributed by atoms with Crippen LogP contribution < -0.4 is 0 Å². The number of rotatable bonds is 4. The molecule has 1 fully saturated rings. The Morgan fingerprint density at radius 3 is 3.09 bits per heavy atom. The van der Waals surface area contributed by atoms with E-state index in [1.165, 1.54) is 12.0 Å². The molecular weight excluding hydrogens is 344 g/mol. The summed E-state index contributed by atoms with van der Waals surface area (Å²) < 4.78 is 8.93. The van der Waals surface area contributed by atoms with Gasteiger partial charge < -0.3 is 9.84 Å². The van der Waals surface area contributed by atoms with Crippen LogP contribution in [0.25, 0.3) is 17.0 Å². The molecule has 22 heavy (non-hydrogen) atoms. The molecule has 4 nitrogen and oxygen atoms in total. The Labute approximate surface area is 138 Å². The standard InChI is InChI=1S/C17H21BrN2O2/c1-12-10-15-14(17(18)13(12)6-2-4-8-21)11-19-20(15)16-7-3-5-9-22-16/h2,6,10-11,16,21H,3-5,7-9H2,1H3/b6-2-. The number of ether oxygens (including phenoxy) is 1. The van der Waals surface area contributed by atoms with Gasteiger partial charge in [-0.05, 0) is 65.7 Å². The molecule has 0 amide bonds. The van der Waals surface area contributed by atoms with E-state index in [0.29, 0.717) is 6.42 Å². The average Bonchev–Trinajstić information content (AvgIpc) is 2.95. The van der Waals surface area contributed by atoms with Crippen molar-refractivity contribution in [3.8, 4) is 0 Å². The van der Waals surface area contributed by atoms with Gasteiger partial charge in [-0.2, -0.15) is 5.10 Å². The number of hydrogen-bond donors (Lipinski definition) is 1. The van der Waals surface area contributed by atoms with Crippen molar-refractivity contribution >= 4 is 32.9 Å². The Morgan fingerprint density at radius 1 is 1.50 bits per heavy atom. The van der Waals surface area contributed by atoms with E-state index in [1.807, 2.05) is 17.0 Å². The summed E-state index contributed by atoms with van der Waals surface area (Å²) in [6.45, 7) is 3.09. The predicted octanol–water partition coefficient (Wildman–Crippen LogP) is 4.20. The lowest BCUT2D eigenvalue weighted by Crippen LogP contribution is -2.19. The molecule has 1 aliphatic rings. The Kier molecular flexibility index (Phi) is 4.96. The van der Waals surface area contributed by atoms with Crippen molar-refractivity contribution in [3.05, 3.63) is 33.9 Å². The molecule has 1 N–H and O–H groups in total. The van der Waals surface area contributed by atoms with Crippen LogP contribution in [0.4, 0.5) is 0 Å². The Hall–Kier alpha value is -1.17. The summed E-state index contributed by atoms with van der Waals surface area (Å²) >= 11 is 3.71. The van der Waals surface area contributed by atoms with Gasteiger partial charge in [-0.3, -0.25) is 0 Å². The fourth-order valence-corrected chi connectivity index (χ4v) is 3.66. The van der Waals surface area contributed by atoms with Gasteiger partial charge in [0.25, 0.3) is 0 Å². The summed E-state index contributed by atoms with van der Waals surface area (Å²) in [6, 6.07) is 2.17. The van der Waals surface area contributed by atoms with Gasteiger partial charge in [0.2, 0.25) is 0 Å². The molecule has 1 saturated heterocycles. The van der Waals surface area contributed by atoms with Crippen LogP contribution in [0.15, 0.2) is 22.8 Å². The molecule has 1 atom stereocenters. The van der Waals surface area contributed by atoms with E-state index in [-0.39, 0.29) is 12.8 Å². The number of fused-ring (bicyclic) bond motifs is 1. The van der Waals surface area contributed by atoms with Crippen LogP contribution in [0, 0.1) is 6.92 Å². The van der Waals surface area contributed by atoms with Crippen LogP contribution in [0.5, 0.6) is 0 Å². The summed E-state index contributed by atoms with van der Waals surface area (Å²) in [5.74, 6) is 0. The van der Waals surface area contributed by atoms with Crippen LogP contribution in [0.3, 0.4) is 0 Å². The van der Waals surface area contributed by atoms with E-state index in [4.69, 9.17) is 9.84 Å². The van der Waals surface area contributed by atoms with Gasteiger partial charge in [-0.1, -0.05) is 12.2 Å². The number of halogens is 1. The molecular formula is C17H21BrN2O2. The highest BCUT2D eigenvalue weighted by molar-refractivity contribution is 9.10. The highest BCUT2D eigenvalue weighted by Crippen LogP contribution is 2.34. The molecule has 1 aromatic carbocycles. The van der Waals surface area contributed by atoms with Crippen LogP contribution in [-0.4, -0.2) is 28.1 Å². The van der Waals surface area contributed by atoms with Crippen LogP contribution in [0.1, 0.15) is 43.0 Å². The molecule has 1 unspecified atom stereocenters. The number of aliphatic hydroxyl groups is 1. The maximum absolute atomic E-state index is 8.91. The smallest absolute Gasteiger partial charge is 0.150 e. The first-order valence-electron chi connectivity index (χ1n) is 7.77. The SMILES string of the molecule is Cc1cc2c(cnn2C2CCCCO2)c(Br)c1/C=C\CCO. The quantitative estimate of drug-likeness (QED) is 0.883. The second kappa shape index (κ2) is 6.94. The van der Waals surface area contributed by atoms with Crippen molar-refractivity contribution in [2.45, 2.75) is 38.8 Å². The molecule has 0 saturated carbocycles. The first-order valence-corrected chi connectivity index (χ1v) is 8.57. The van der Waals surface area contributed by atoms with Gasteiger partial charge in [0, 0.05) is 23.1 Å². The minimum absolute atomic E-state index is 0.0494. The lowest BCUT2D eigenvalue weighted by Gasteiger charge is -2.23. The van der Waals surface area contributed by atoms with E-state index >= 15 is 0 Å². The van der Waals surface area contributed by atoms with E-state index in [2.05, 4.69) is 40.1 Å². The van der Waals surface area contributed by atoms with Gasteiger partial charge in [-0.15, -0.1) is 0 Å². The predicted molar refractivity (Wildman–Crippen MR) is 91.7 cm³/mol. The third-order valence-corrected chi connectivity index (χ3v) is 4.95. The second-order valence-corrected chi connectivity index (χ2v) is 6.47. The number of nitrogens with zero attached hydrogens (tertiary/aromatic N) is 2. The van der Waals surface area contributed by atoms with Gasteiger partial charge in [0.05, 0.1) is 11.7 Å². The number of hydrogen-bond acceptors (Lipinski definition) is 3. The Morgan fingerprint density at radius 2 is 2.36 bits per heavy atom. The Bertz CT molecular complexity index is 688. The highest BCUT2D eigenvalue weighted by Gasteiger charge is 2.20. The van der Waals surface area contributed by atoms with E-state index in [9.17, 15) is 0 Å².